The fraction of sp³-hybridized carbons (Fsp3) is 0.714. The molecular formula is C14H18N2. The Bertz CT molecular complexity index is 363. The summed E-state index contributed by atoms with van der Waals surface area (Å²) < 4.78 is 0. The van der Waals surface area contributed by atoms with Crippen molar-refractivity contribution in [3.8, 4) is 0 Å². The molecule has 5 rings (SSSR count). The van der Waals surface area contributed by atoms with Crippen molar-refractivity contribution in [2.75, 3.05) is 0 Å². The zero-order valence-corrected chi connectivity index (χ0v) is 9.60. The van der Waals surface area contributed by atoms with Crippen molar-refractivity contribution < 1.29 is 0 Å². The minimum absolute atomic E-state index is 0.442. The van der Waals surface area contributed by atoms with E-state index in [4.69, 9.17) is 0 Å². The van der Waals surface area contributed by atoms with Gasteiger partial charge in [0.1, 0.15) is 6.33 Å². The molecule has 4 aliphatic rings. The lowest BCUT2D eigenvalue weighted by molar-refractivity contribution is -0.00726. The molecule has 0 N–H and O–H groups in total. The second kappa shape index (κ2) is 3.06. The van der Waals surface area contributed by atoms with E-state index in [0.29, 0.717) is 5.41 Å². The quantitative estimate of drug-likeness (QED) is 0.718. The zero-order valence-electron chi connectivity index (χ0n) is 9.60. The topological polar surface area (TPSA) is 25.8 Å². The molecule has 0 amide bonds. The van der Waals surface area contributed by atoms with E-state index in [2.05, 4.69) is 16.0 Å². The Hall–Kier alpha value is -0.920. The number of hydrogen-bond acceptors (Lipinski definition) is 2. The summed E-state index contributed by atoms with van der Waals surface area (Å²) in [5, 5.41) is 0. The molecule has 0 radical (unpaired) electrons. The first kappa shape index (κ1) is 9.15. The van der Waals surface area contributed by atoms with Crippen molar-refractivity contribution in [3.05, 3.63) is 24.3 Å². The van der Waals surface area contributed by atoms with Crippen LogP contribution in [0.25, 0.3) is 0 Å². The largest absolute Gasteiger partial charge is 0.245 e. The highest BCUT2D eigenvalue weighted by atomic mass is 14.8. The monoisotopic (exact) mass is 214 g/mol. The molecule has 0 saturated heterocycles. The van der Waals surface area contributed by atoms with Crippen LogP contribution in [-0.2, 0) is 5.41 Å². The number of nitrogens with zero attached hydrogens (tertiary/aromatic N) is 2. The maximum Gasteiger partial charge on any atom is 0.115 e. The molecule has 16 heavy (non-hydrogen) atoms. The van der Waals surface area contributed by atoms with Crippen LogP contribution in [0.15, 0.2) is 18.6 Å². The molecule has 4 bridgehead atoms. The maximum absolute atomic E-state index is 4.56. The van der Waals surface area contributed by atoms with E-state index >= 15 is 0 Å². The van der Waals surface area contributed by atoms with Gasteiger partial charge in [0.05, 0.1) is 0 Å². The van der Waals surface area contributed by atoms with Crippen LogP contribution in [0.2, 0.25) is 0 Å². The van der Waals surface area contributed by atoms with E-state index in [9.17, 15) is 0 Å². The predicted octanol–water partition coefficient (Wildman–Crippen LogP) is 2.94. The van der Waals surface area contributed by atoms with Crippen molar-refractivity contribution in [2.45, 2.75) is 43.9 Å². The summed E-state index contributed by atoms with van der Waals surface area (Å²) >= 11 is 0. The molecule has 4 aliphatic carbocycles. The molecule has 0 spiro atoms. The van der Waals surface area contributed by atoms with E-state index in [-0.39, 0.29) is 0 Å². The second-order valence-corrected chi connectivity index (χ2v) is 6.29. The Labute approximate surface area is 96.5 Å². The lowest BCUT2D eigenvalue weighted by Gasteiger charge is -2.56. The molecule has 0 aliphatic heterocycles. The lowest BCUT2D eigenvalue weighted by Crippen LogP contribution is -2.48. The molecular weight excluding hydrogens is 196 g/mol. The third-order valence-electron chi connectivity index (χ3n) is 5.16. The predicted molar refractivity (Wildman–Crippen MR) is 61.9 cm³/mol. The zero-order chi connectivity index (χ0) is 10.6. The highest BCUT2D eigenvalue weighted by molar-refractivity contribution is 5.21. The summed E-state index contributed by atoms with van der Waals surface area (Å²) in [5.74, 6) is 3.00. The van der Waals surface area contributed by atoms with Crippen molar-refractivity contribution in [1.29, 1.82) is 0 Å². The molecule has 0 atom stereocenters. The Balaban J connectivity index is 1.77. The van der Waals surface area contributed by atoms with Crippen LogP contribution in [0.5, 0.6) is 0 Å². The summed E-state index contributed by atoms with van der Waals surface area (Å²) in [5.41, 5.74) is 1.78. The Morgan fingerprint density at radius 1 is 1.00 bits per heavy atom. The van der Waals surface area contributed by atoms with Gasteiger partial charge in [-0.3, -0.25) is 0 Å². The van der Waals surface area contributed by atoms with E-state index in [0.717, 1.165) is 17.8 Å². The molecule has 0 unspecified atom stereocenters. The number of aromatic nitrogens is 2. The summed E-state index contributed by atoms with van der Waals surface area (Å²) in [6.07, 6.45) is 12.4. The number of hydrogen-bond donors (Lipinski definition) is 0. The van der Waals surface area contributed by atoms with Gasteiger partial charge in [-0.2, -0.15) is 0 Å². The van der Waals surface area contributed by atoms with E-state index in [1.165, 1.54) is 44.2 Å². The Kier molecular flexibility index (Phi) is 1.75. The van der Waals surface area contributed by atoms with Gasteiger partial charge in [-0.25, -0.2) is 9.97 Å². The van der Waals surface area contributed by atoms with Gasteiger partial charge in [0.15, 0.2) is 0 Å². The van der Waals surface area contributed by atoms with E-state index in [1.807, 2.05) is 6.20 Å². The van der Waals surface area contributed by atoms with Crippen molar-refractivity contribution >= 4 is 0 Å². The first-order chi connectivity index (χ1) is 7.84. The van der Waals surface area contributed by atoms with Crippen LogP contribution < -0.4 is 0 Å². The molecule has 1 aromatic rings. The van der Waals surface area contributed by atoms with Gasteiger partial charge in [-0.1, -0.05) is 0 Å². The fourth-order valence-corrected chi connectivity index (χ4v) is 5.03. The van der Waals surface area contributed by atoms with Crippen LogP contribution >= 0.6 is 0 Å². The molecule has 0 aromatic carbocycles. The van der Waals surface area contributed by atoms with Gasteiger partial charge in [0, 0.05) is 17.3 Å². The maximum atomic E-state index is 4.56. The third kappa shape index (κ3) is 1.19. The lowest BCUT2D eigenvalue weighted by atomic mass is 9.49. The van der Waals surface area contributed by atoms with Crippen molar-refractivity contribution in [1.82, 2.24) is 9.97 Å². The van der Waals surface area contributed by atoms with Gasteiger partial charge >= 0.3 is 0 Å². The summed E-state index contributed by atoms with van der Waals surface area (Å²) in [6.45, 7) is 0. The first-order valence-electron chi connectivity index (χ1n) is 6.61. The first-order valence-corrected chi connectivity index (χ1v) is 6.61. The fourth-order valence-electron chi connectivity index (χ4n) is 5.03. The van der Waals surface area contributed by atoms with Crippen LogP contribution in [-0.4, -0.2) is 9.97 Å². The smallest absolute Gasteiger partial charge is 0.115 e. The highest BCUT2D eigenvalue weighted by Gasteiger charge is 2.52. The summed E-state index contributed by atoms with van der Waals surface area (Å²) in [6, 6.07) is 2.16. The van der Waals surface area contributed by atoms with Gasteiger partial charge in [-0.05, 0) is 62.3 Å². The molecule has 1 heterocycles. The van der Waals surface area contributed by atoms with Crippen LogP contribution in [0.4, 0.5) is 0 Å². The average Bonchev–Trinajstić information content (AvgIpc) is 2.28. The van der Waals surface area contributed by atoms with Crippen LogP contribution in [0.3, 0.4) is 0 Å². The van der Waals surface area contributed by atoms with Gasteiger partial charge in [0.2, 0.25) is 0 Å². The van der Waals surface area contributed by atoms with E-state index < -0.39 is 0 Å². The Morgan fingerprint density at radius 3 is 2.12 bits per heavy atom. The minimum atomic E-state index is 0.442. The SMILES string of the molecule is c1cc(C23CC4CC(CC(C4)C2)C3)ncn1. The molecule has 4 saturated carbocycles. The second-order valence-electron chi connectivity index (χ2n) is 6.29. The standard InChI is InChI=1S/C14H18N2/c1-2-15-9-16-13(1)14-6-10-3-11(7-14)5-12(4-10)8-14/h1-2,9-12H,3-8H2. The Morgan fingerprint density at radius 2 is 1.62 bits per heavy atom. The molecule has 84 valence electrons. The van der Waals surface area contributed by atoms with Crippen molar-refractivity contribution in [2.24, 2.45) is 17.8 Å². The minimum Gasteiger partial charge on any atom is -0.245 e. The number of rotatable bonds is 1. The normalized spacial score (nSPS) is 44.9. The van der Waals surface area contributed by atoms with Crippen LogP contribution in [0, 0.1) is 17.8 Å². The molecule has 4 fully saturated rings. The molecule has 1 aromatic heterocycles. The van der Waals surface area contributed by atoms with Gasteiger partial charge < -0.3 is 0 Å². The van der Waals surface area contributed by atoms with Gasteiger partial charge in [0.25, 0.3) is 0 Å². The van der Waals surface area contributed by atoms with E-state index in [1.54, 1.807) is 6.33 Å². The molecule has 2 heteroatoms. The van der Waals surface area contributed by atoms with Crippen molar-refractivity contribution in [3.63, 3.8) is 0 Å². The summed E-state index contributed by atoms with van der Waals surface area (Å²) in [7, 11) is 0. The highest BCUT2D eigenvalue weighted by Crippen LogP contribution is 2.60. The summed E-state index contributed by atoms with van der Waals surface area (Å²) in [4.78, 5) is 8.62. The average molecular weight is 214 g/mol. The van der Waals surface area contributed by atoms with Gasteiger partial charge in [-0.15, -0.1) is 0 Å². The third-order valence-corrected chi connectivity index (χ3v) is 5.16. The molecule has 2 nitrogen and oxygen atoms in total. The van der Waals surface area contributed by atoms with Crippen LogP contribution in [0.1, 0.15) is 44.2 Å².